The predicted octanol–water partition coefficient (Wildman–Crippen LogP) is 4.61. The van der Waals surface area contributed by atoms with Gasteiger partial charge in [0.1, 0.15) is 5.82 Å². The van der Waals surface area contributed by atoms with Gasteiger partial charge in [0.15, 0.2) is 0 Å². The number of aryl methyl sites for hydroxylation is 1. The van der Waals surface area contributed by atoms with E-state index in [1.165, 1.54) is 6.07 Å². The number of halogens is 1. The molecule has 162 valence electrons. The Bertz CT molecular complexity index is 1240. The van der Waals surface area contributed by atoms with Crippen molar-refractivity contribution in [2.75, 3.05) is 5.32 Å². The number of rotatable bonds is 5. The van der Waals surface area contributed by atoms with E-state index in [0.29, 0.717) is 16.8 Å². The predicted molar refractivity (Wildman–Crippen MR) is 120 cm³/mol. The average Bonchev–Trinajstić information content (AvgIpc) is 3.40. The van der Waals surface area contributed by atoms with Gasteiger partial charge >= 0.3 is 6.03 Å². The van der Waals surface area contributed by atoms with Gasteiger partial charge < -0.3 is 15.2 Å². The third-order valence-corrected chi connectivity index (χ3v) is 5.82. The Morgan fingerprint density at radius 1 is 1.09 bits per heavy atom. The standard InChI is InChI=1S/C24H23FN6O/c1-30-14-17(12-27-30)21-8-7-18(11-22(21)25)28-24(32)29-19-9-20(10-19)31-15-26-13-23(31)16-5-3-2-4-6-16/h2-8,11-15,19-20H,9-10H2,1H3,(H2,28,29,32). The Morgan fingerprint density at radius 3 is 2.62 bits per heavy atom. The zero-order chi connectivity index (χ0) is 22.1. The van der Waals surface area contributed by atoms with Crippen molar-refractivity contribution >= 4 is 11.7 Å². The maximum atomic E-state index is 14.5. The summed E-state index contributed by atoms with van der Waals surface area (Å²) in [5, 5.41) is 9.75. The first-order valence-electron chi connectivity index (χ1n) is 10.5. The van der Waals surface area contributed by atoms with Crippen LogP contribution in [0.15, 0.2) is 73.4 Å². The van der Waals surface area contributed by atoms with Crippen molar-refractivity contribution < 1.29 is 9.18 Å². The topological polar surface area (TPSA) is 76.8 Å². The highest BCUT2D eigenvalue weighted by atomic mass is 19.1. The van der Waals surface area contributed by atoms with Crippen LogP contribution in [0.2, 0.25) is 0 Å². The summed E-state index contributed by atoms with van der Waals surface area (Å²) in [6.45, 7) is 0. The fraction of sp³-hybridized carbons (Fsp3) is 0.208. The summed E-state index contributed by atoms with van der Waals surface area (Å²) in [5.74, 6) is -0.409. The average molecular weight is 430 g/mol. The number of imidazole rings is 1. The van der Waals surface area contributed by atoms with Crippen molar-refractivity contribution in [1.82, 2.24) is 24.6 Å². The van der Waals surface area contributed by atoms with E-state index >= 15 is 0 Å². The Balaban J connectivity index is 1.17. The van der Waals surface area contributed by atoms with Gasteiger partial charge in [0.25, 0.3) is 0 Å². The first-order valence-corrected chi connectivity index (χ1v) is 10.5. The van der Waals surface area contributed by atoms with Crippen LogP contribution in [0.3, 0.4) is 0 Å². The van der Waals surface area contributed by atoms with Crippen LogP contribution < -0.4 is 10.6 Å². The number of amides is 2. The van der Waals surface area contributed by atoms with E-state index in [1.54, 1.807) is 36.3 Å². The first kappa shape index (κ1) is 20.0. The molecule has 1 aliphatic carbocycles. The summed E-state index contributed by atoms with van der Waals surface area (Å²) >= 11 is 0. The lowest BCUT2D eigenvalue weighted by atomic mass is 9.86. The van der Waals surface area contributed by atoms with E-state index in [9.17, 15) is 9.18 Å². The summed E-state index contributed by atoms with van der Waals surface area (Å²) in [6.07, 6.45) is 8.70. The molecule has 4 aromatic rings. The van der Waals surface area contributed by atoms with Crippen LogP contribution in [-0.4, -0.2) is 31.4 Å². The maximum absolute atomic E-state index is 14.5. The van der Waals surface area contributed by atoms with E-state index in [0.717, 1.165) is 24.1 Å². The van der Waals surface area contributed by atoms with Gasteiger partial charge in [0, 0.05) is 42.1 Å². The van der Waals surface area contributed by atoms with Crippen molar-refractivity contribution in [2.24, 2.45) is 7.05 Å². The van der Waals surface area contributed by atoms with Crippen LogP contribution in [0.4, 0.5) is 14.9 Å². The van der Waals surface area contributed by atoms with Gasteiger partial charge in [-0.25, -0.2) is 14.2 Å². The molecule has 7 nitrogen and oxygen atoms in total. The Labute approximate surface area is 184 Å². The lowest BCUT2D eigenvalue weighted by Gasteiger charge is -2.37. The summed E-state index contributed by atoms with van der Waals surface area (Å²) < 4.78 is 18.3. The highest BCUT2D eigenvalue weighted by Crippen LogP contribution is 2.35. The lowest BCUT2D eigenvalue weighted by Crippen LogP contribution is -2.46. The first-order chi connectivity index (χ1) is 15.6. The largest absolute Gasteiger partial charge is 0.335 e. The van der Waals surface area contributed by atoms with Crippen molar-refractivity contribution in [3.05, 3.63) is 79.3 Å². The molecular weight excluding hydrogens is 407 g/mol. The van der Waals surface area contributed by atoms with Crippen LogP contribution in [0.5, 0.6) is 0 Å². The van der Waals surface area contributed by atoms with Crippen molar-refractivity contribution in [1.29, 1.82) is 0 Å². The van der Waals surface area contributed by atoms with E-state index < -0.39 is 5.82 Å². The fourth-order valence-electron chi connectivity index (χ4n) is 4.10. The van der Waals surface area contributed by atoms with E-state index in [4.69, 9.17) is 0 Å². The summed E-state index contributed by atoms with van der Waals surface area (Å²) in [6, 6.07) is 14.8. The molecule has 2 N–H and O–H groups in total. The molecule has 1 fully saturated rings. The Morgan fingerprint density at radius 2 is 1.91 bits per heavy atom. The van der Waals surface area contributed by atoms with Crippen LogP contribution in [0.1, 0.15) is 18.9 Å². The number of urea groups is 1. The molecule has 0 atom stereocenters. The molecule has 1 aliphatic rings. The van der Waals surface area contributed by atoms with Crippen molar-refractivity contribution in [3.63, 3.8) is 0 Å². The van der Waals surface area contributed by atoms with Gasteiger partial charge in [-0.05, 0) is 36.6 Å². The smallest absolute Gasteiger partial charge is 0.319 e. The number of carbonyl (C=O) groups is 1. The number of hydrogen-bond acceptors (Lipinski definition) is 3. The number of benzene rings is 2. The number of anilines is 1. The molecule has 32 heavy (non-hydrogen) atoms. The lowest BCUT2D eigenvalue weighted by molar-refractivity contribution is 0.213. The molecular formula is C24H23FN6O. The molecule has 2 amide bonds. The van der Waals surface area contributed by atoms with Gasteiger partial charge in [-0.3, -0.25) is 4.68 Å². The van der Waals surface area contributed by atoms with E-state index in [2.05, 4.69) is 37.4 Å². The minimum Gasteiger partial charge on any atom is -0.335 e. The molecule has 0 saturated heterocycles. The van der Waals surface area contributed by atoms with Crippen LogP contribution in [0, 0.1) is 5.82 Å². The second-order valence-corrected chi connectivity index (χ2v) is 8.07. The van der Waals surface area contributed by atoms with Gasteiger partial charge in [0.2, 0.25) is 0 Å². The Kier molecular flexibility index (Phi) is 5.18. The number of nitrogens with one attached hydrogen (secondary N) is 2. The summed E-state index contributed by atoms with van der Waals surface area (Å²) in [4.78, 5) is 16.7. The van der Waals surface area contributed by atoms with Gasteiger partial charge in [-0.1, -0.05) is 30.3 Å². The molecule has 1 saturated carbocycles. The number of nitrogens with zero attached hydrogens (tertiary/aromatic N) is 4. The normalized spacial score (nSPS) is 17.6. The molecule has 0 bridgehead atoms. The van der Waals surface area contributed by atoms with Crippen LogP contribution >= 0.6 is 0 Å². The molecule has 5 rings (SSSR count). The molecule has 2 aromatic carbocycles. The SMILES string of the molecule is Cn1cc(-c2ccc(NC(=O)NC3CC(n4cncc4-c4ccccc4)C3)cc2F)cn1. The zero-order valence-electron chi connectivity index (χ0n) is 17.6. The van der Waals surface area contributed by atoms with Gasteiger partial charge in [0.05, 0.1) is 24.4 Å². The third kappa shape index (κ3) is 3.99. The zero-order valence-corrected chi connectivity index (χ0v) is 17.6. The van der Waals surface area contributed by atoms with E-state index in [-0.39, 0.29) is 18.1 Å². The summed E-state index contributed by atoms with van der Waals surface area (Å²) in [5.41, 5.74) is 3.74. The highest BCUT2D eigenvalue weighted by molar-refractivity contribution is 5.90. The molecule has 0 aliphatic heterocycles. The molecule has 0 spiro atoms. The minimum absolute atomic E-state index is 0.0607. The van der Waals surface area contributed by atoms with Crippen LogP contribution in [0.25, 0.3) is 22.4 Å². The molecule has 8 heteroatoms. The highest BCUT2D eigenvalue weighted by Gasteiger charge is 2.32. The van der Waals surface area contributed by atoms with Gasteiger partial charge in [-0.2, -0.15) is 5.10 Å². The quantitative estimate of drug-likeness (QED) is 0.485. The molecule has 2 heterocycles. The van der Waals surface area contributed by atoms with Gasteiger partial charge in [-0.15, -0.1) is 0 Å². The maximum Gasteiger partial charge on any atom is 0.319 e. The third-order valence-electron chi connectivity index (χ3n) is 5.82. The van der Waals surface area contributed by atoms with Crippen LogP contribution in [-0.2, 0) is 7.05 Å². The Hall–Kier alpha value is -3.94. The monoisotopic (exact) mass is 430 g/mol. The second kappa shape index (κ2) is 8.30. The molecule has 2 aromatic heterocycles. The second-order valence-electron chi connectivity index (χ2n) is 8.07. The van der Waals surface area contributed by atoms with Crippen molar-refractivity contribution in [2.45, 2.75) is 24.9 Å². The molecule has 0 unspecified atom stereocenters. The minimum atomic E-state index is -0.409. The van der Waals surface area contributed by atoms with E-state index in [1.807, 2.05) is 30.7 Å². The molecule has 0 radical (unpaired) electrons. The van der Waals surface area contributed by atoms with Crippen molar-refractivity contribution in [3.8, 4) is 22.4 Å². The number of hydrogen-bond donors (Lipinski definition) is 2. The summed E-state index contributed by atoms with van der Waals surface area (Å²) in [7, 11) is 1.78. The number of carbonyl (C=O) groups excluding carboxylic acids is 1. The fourth-order valence-corrected chi connectivity index (χ4v) is 4.10. The number of aromatic nitrogens is 4.